The van der Waals surface area contributed by atoms with E-state index in [4.69, 9.17) is 4.42 Å². The molecule has 2 N–H and O–H groups in total. The second-order valence-corrected chi connectivity index (χ2v) is 6.55. The fraction of sp³-hybridized carbons (Fsp3) is 0.312. The van der Waals surface area contributed by atoms with E-state index in [1.807, 2.05) is 32.0 Å². The molecular weight excluding hydrogens is 312 g/mol. The molecule has 0 aliphatic rings. The van der Waals surface area contributed by atoms with Crippen LogP contribution in [0.15, 0.2) is 28.7 Å². The number of para-hydroxylation sites is 1. The average molecular weight is 330 g/mol. The third kappa shape index (κ3) is 3.68. The number of oxazole rings is 1. The summed E-state index contributed by atoms with van der Waals surface area (Å²) in [6.45, 7) is 5.58. The Hall–Kier alpha value is -2.41. The zero-order valence-electron chi connectivity index (χ0n) is 13.2. The maximum absolute atomic E-state index is 12.0. The molecule has 7 heteroatoms. The van der Waals surface area contributed by atoms with E-state index in [0.29, 0.717) is 12.2 Å². The maximum atomic E-state index is 12.0. The Balaban J connectivity index is 1.57. The molecule has 0 aliphatic carbocycles. The van der Waals surface area contributed by atoms with Gasteiger partial charge in [-0.15, -0.1) is 11.3 Å². The lowest BCUT2D eigenvalue weighted by atomic mass is 10.2. The molecule has 2 heterocycles. The van der Waals surface area contributed by atoms with Crippen LogP contribution in [0.25, 0.3) is 10.2 Å². The van der Waals surface area contributed by atoms with Crippen LogP contribution in [0.2, 0.25) is 0 Å². The first-order chi connectivity index (χ1) is 11.0. The van der Waals surface area contributed by atoms with Crippen LogP contribution in [-0.4, -0.2) is 22.0 Å². The van der Waals surface area contributed by atoms with Gasteiger partial charge in [-0.2, -0.15) is 4.98 Å². The van der Waals surface area contributed by atoms with Crippen LogP contribution >= 0.6 is 11.3 Å². The number of carbonyl (C=O) groups excluding carboxylic acids is 1. The van der Waals surface area contributed by atoms with Crippen molar-refractivity contribution in [1.29, 1.82) is 0 Å². The maximum Gasteiger partial charge on any atom is 0.323 e. The lowest BCUT2D eigenvalue weighted by molar-refractivity contribution is 0.248. The molecular formula is C16H18N4O2S. The molecule has 6 nitrogen and oxygen atoms in total. The number of hydrogen-bond acceptors (Lipinski definition) is 5. The molecule has 0 spiro atoms. The molecule has 0 aliphatic heterocycles. The van der Waals surface area contributed by atoms with Crippen molar-refractivity contribution in [2.45, 2.75) is 33.2 Å². The SMILES string of the molecule is Cc1nc(NC(=O)N[C@@H](C)Cc2nc3ccccc3s2)oc1C. The average Bonchev–Trinajstić information content (AvgIpc) is 3.01. The van der Waals surface area contributed by atoms with Gasteiger partial charge in [0, 0.05) is 12.5 Å². The highest BCUT2D eigenvalue weighted by Gasteiger charge is 2.13. The van der Waals surface area contributed by atoms with Gasteiger partial charge in [0.2, 0.25) is 0 Å². The third-order valence-electron chi connectivity index (χ3n) is 3.45. The minimum Gasteiger partial charge on any atom is -0.428 e. The number of nitrogens with one attached hydrogen (secondary N) is 2. The number of amides is 2. The molecule has 3 rings (SSSR count). The second-order valence-electron chi connectivity index (χ2n) is 5.44. The number of aryl methyl sites for hydroxylation is 2. The smallest absolute Gasteiger partial charge is 0.323 e. The predicted molar refractivity (Wildman–Crippen MR) is 90.9 cm³/mol. The summed E-state index contributed by atoms with van der Waals surface area (Å²) in [6, 6.07) is 7.85. The van der Waals surface area contributed by atoms with Gasteiger partial charge in [-0.05, 0) is 32.9 Å². The van der Waals surface area contributed by atoms with Crippen LogP contribution < -0.4 is 10.6 Å². The standard InChI is InChI=1S/C16H18N4O2S/c1-9(8-14-19-12-6-4-5-7-13(12)23-14)17-15(21)20-16-18-10(2)11(3)22-16/h4-7,9H,8H2,1-3H3,(H2,17,18,20,21)/t9-/m0/s1. The van der Waals surface area contributed by atoms with Crippen molar-refractivity contribution in [3.05, 3.63) is 40.7 Å². The van der Waals surface area contributed by atoms with E-state index < -0.39 is 0 Å². The molecule has 2 amide bonds. The number of hydrogen-bond donors (Lipinski definition) is 2. The molecule has 120 valence electrons. The lowest BCUT2D eigenvalue weighted by Gasteiger charge is -2.11. The largest absolute Gasteiger partial charge is 0.428 e. The van der Waals surface area contributed by atoms with Gasteiger partial charge in [0.1, 0.15) is 5.76 Å². The fourth-order valence-electron chi connectivity index (χ4n) is 2.20. The van der Waals surface area contributed by atoms with Gasteiger partial charge in [0.15, 0.2) is 0 Å². The summed E-state index contributed by atoms with van der Waals surface area (Å²) in [5.74, 6) is 0.697. The van der Waals surface area contributed by atoms with Crippen molar-refractivity contribution in [2.24, 2.45) is 0 Å². The number of nitrogens with zero attached hydrogens (tertiary/aromatic N) is 2. The molecule has 0 bridgehead atoms. The summed E-state index contributed by atoms with van der Waals surface area (Å²) in [7, 11) is 0. The number of urea groups is 1. The number of rotatable bonds is 4. The quantitative estimate of drug-likeness (QED) is 0.765. The zero-order valence-corrected chi connectivity index (χ0v) is 14.0. The Morgan fingerprint density at radius 2 is 2.09 bits per heavy atom. The Morgan fingerprint density at radius 1 is 1.30 bits per heavy atom. The first-order valence-electron chi connectivity index (χ1n) is 7.37. The highest BCUT2D eigenvalue weighted by molar-refractivity contribution is 7.18. The third-order valence-corrected chi connectivity index (χ3v) is 4.50. The van der Waals surface area contributed by atoms with Crippen molar-refractivity contribution in [2.75, 3.05) is 5.32 Å². The van der Waals surface area contributed by atoms with Gasteiger partial charge in [-0.3, -0.25) is 5.32 Å². The Labute approximate surface area is 137 Å². The van der Waals surface area contributed by atoms with E-state index in [-0.39, 0.29) is 18.1 Å². The van der Waals surface area contributed by atoms with Crippen LogP contribution in [0, 0.1) is 13.8 Å². The normalized spacial score (nSPS) is 12.3. The van der Waals surface area contributed by atoms with Crippen LogP contribution in [0.3, 0.4) is 0 Å². The van der Waals surface area contributed by atoms with Crippen LogP contribution in [-0.2, 0) is 6.42 Å². The topological polar surface area (TPSA) is 80.0 Å². The number of carbonyl (C=O) groups is 1. The summed E-state index contributed by atoms with van der Waals surface area (Å²) in [4.78, 5) is 20.7. The summed E-state index contributed by atoms with van der Waals surface area (Å²) >= 11 is 1.65. The van der Waals surface area contributed by atoms with Gasteiger partial charge in [0.25, 0.3) is 0 Å². The molecule has 0 unspecified atom stereocenters. The molecule has 3 aromatic rings. The van der Waals surface area contributed by atoms with E-state index >= 15 is 0 Å². The van der Waals surface area contributed by atoms with Gasteiger partial charge in [0.05, 0.1) is 20.9 Å². The highest BCUT2D eigenvalue weighted by atomic mass is 32.1. The summed E-state index contributed by atoms with van der Waals surface area (Å²) < 4.78 is 6.49. The van der Waals surface area contributed by atoms with E-state index in [0.717, 1.165) is 20.9 Å². The highest BCUT2D eigenvalue weighted by Crippen LogP contribution is 2.22. The molecule has 1 aromatic carbocycles. The van der Waals surface area contributed by atoms with E-state index in [1.54, 1.807) is 18.3 Å². The van der Waals surface area contributed by atoms with Crippen molar-refractivity contribution in [3.8, 4) is 0 Å². The number of aromatic nitrogens is 2. The van der Waals surface area contributed by atoms with Crippen molar-refractivity contribution >= 4 is 33.6 Å². The Kier molecular flexibility index (Phi) is 4.29. The van der Waals surface area contributed by atoms with Crippen LogP contribution in [0.4, 0.5) is 10.8 Å². The first-order valence-corrected chi connectivity index (χ1v) is 8.19. The zero-order chi connectivity index (χ0) is 16.4. The lowest BCUT2D eigenvalue weighted by Crippen LogP contribution is -2.37. The van der Waals surface area contributed by atoms with Gasteiger partial charge < -0.3 is 9.73 Å². The van der Waals surface area contributed by atoms with Gasteiger partial charge >= 0.3 is 12.0 Å². The van der Waals surface area contributed by atoms with Crippen molar-refractivity contribution in [3.63, 3.8) is 0 Å². The Bertz CT molecular complexity index is 787. The minimum atomic E-state index is -0.333. The second kappa shape index (κ2) is 6.37. The van der Waals surface area contributed by atoms with Crippen LogP contribution in [0.5, 0.6) is 0 Å². The van der Waals surface area contributed by atoms with Crippen LogP contribution in [0.1, 0.15) is 23.4 Å². The van der Waals surface area contributed by atoms with E-state index in [2.05, 4.69) is 26.7 Å². The summed E-state index contributed by atoms with van der Waals surface area (Å²) in [5.41, 5.74) is 1.76. The van der Waals surface area contributed by atoms with Crippen molar-refractivity contribution in [1.82, 2.24) is 15.3 Å². The molecule has 0 saturated carbocycles. The number of anilines is 1. The minimum absolute atomic E-state index is 0.0484. The monoisotopic (exact) mass is 330 g/mol. The number of thiazole rings is 1. The summed E-state index contributed by atoms with van der Waals surface area (Å²) in [6.07, 6.45) is 0.677. The number of fused-ring (bicyclic) bond motifs is 1. The van der Waals surface area contributed by atoms with Gasteiger partial charge in [-0.25, -0.2) is 9.78 Å². The molecule has 1 atom stereocenters. The first kappa shape index (κ1) is 15.5. The van der Waals surface area contributed by atoms with Gasteiger partial charge in [-0.1, -0.05) is 12.1 Å². The molecule has 0 saturated heterocycles. The molecule has 2 aromatic heterocycles. The Morgan fingerprint density at radius 3 is 2.78 bits per heavy atom. The van der Waals surface area contributed by atoms with E-state index in [9.17, 15) is 4.79 Å². The predicted octanol–water partition coefficient (Wildman–Crippen LogP) is 3.65. The molecule has 0 fully saturated rings. The van der Waals surface area contributed by atoms with Crippen molar-refractivity contribution < 1.29 is 9.21 Å². The number of benzene rings is 1. The fourth-order valence-corrected chi connectivity index (χ4v) is 3.30. The summed E-state index contributed by atoms with van der Waals surface area (Å²) in [5, 5.41) is 6.47. The molecule has 23 heavy (non-hydrogen) atoms. The van der Waals surface area contributed by atoms with E-state index in [1.165, 1.54) is 0 Å². The molecule has 0 radical (unpaired) electrons.